The first-order valence-corrected chi connectivity index (χ1v) is 10.6. The molecule has 1 amide bonds. The maximum Gasteiger partial charge on any atom is 0.276 e. The summed E-state index contributed by atoms with van der Waals surface area (Å²) < 4.78 is 10.5. The SMILES string of the molecule is Cl.O=C(c1cc(-c2ccco2)on1)N1CCN(C2=NN=C(c3ccccc3)CS2)CC1. The molecule has 1 fully saturated rings. The highest BCUT2D eigenvalue weighted by atomic mass is 35.5. The maximum atomic E-state index is 12.8. The van der Waals surface area contributed by atoms with Gasteiger partial charge < -0.3 is 18.7 Å². The van der Waals surface area contributed by atoms with Gasteiger partial charge in [-0.1, -0.05) is 47.3 Å². The third-order valence-electron chi connectivity index (χ3n) is 5.03. The summed E-state index contributed by atoms with van der Waals surface area (Å²) in [6.45, 7) is 2.60. The van der Waals surface area contributed by atoms with E-state index in [1.165, 1.54) is 0 Å². The van der Waals surface area contributed by atoms with E-state index in [1.54, 1.807) is 41.1 Å². The zero-order valence-electron chi connectivity index (χ0n) is 16.5. The Labute approximate surface area is 189 Å². The standard InChI is InChI=1S/C21H19N5O3S.ClH/c27-20(16-13-19(29-24-16)18-7-4-12-28-18)25-8-10-26(11-9-25)21-23-22-17(14-30-21)15-5-2-1-3-6-15;/h1-7,12-13H,8-11,14H2;1H. The average Bonchev–Trinajstić information content (AvgIpc) is 3.52. The molecule has 0 N–H and O–H groups in total. The number of rotatable bonds is 3. The molecule has 0 radical (unpaired) electrons. The number of benzene rings is 1. The van der Waals surface area contributed by atoms with Crippen LogP contribution in [0.15, 0.2) is 73.9 Å². The van der Waals surface area contributed by atoms with Crippen LogP contribution in [0.4, 0.5) is 0 Å². The number of nitrogens with zero attached hydrogens (tertiary/aromatic N) is 5. The van der Waals surface area contributed by atoms with Gasteiger partial charge in [0.1, 0.15) is 0 Å². The van der Waals surface area contributed by atoms with Gasteiger partial charge in [0.05, 0.1) is 12.0 Å². The molecule has 8 nitrogen and oxygen atoms in total. The van der Waals surface area contributed by atoms with Crippen LogP contribution in [0, 0.1) is 0 Å². The summed E-state index contributed by atoms with van der Waals surface area (Å²) in [7, 11) is 0. The number of hydrogen-bond acceptors (Lipinski definition) is 8. The van der Waals surface area contributed by atoms with E-state index < -0.39 is 0 Å². The number of thioether (sulfide) groups is 1. The minimum atomic E-state index is -0.140. The second-order valence-electron chi connectivity index (χ2n) is 6.92. The summed E-state index contributed by atoms with van der Waals surface area (Å²) in [5.41, 5.74) is 2.37. The van der Waals surface area contributed by atoms with E-state index in [-0.39, 0.29) is 24.0 Å². The Morgan fingerprint density at radius 3 is 2.45 bits per heavy atom. The lowest BCUT2D eigenvalue weighted by molar-refractivity contribution is 0.0683. The molecule has 0 aliphatic carbocycles. The minimum absolute atomic E-state index is 0. The van der Waals surface area contributed by atoms with Gasteiger partial charge in [-0.25, -0.2) is 0 Å². The summed E-state index contributed by atoms with van der Waals surface area (Å²) >= 11 is 1.68. The van der Waals surface area contributed by atoms with Crippen molar-refractivity contribution in [2.75, 3.05) is 31.9 Å². The lowest BCUT2D eigenvalue weighted by atomic mass is 10.1. The Kier molecular flexibility index (Phi) is 6.43. The molecule has 3 aromatic rings. The molecule has 10 heteroatoms. The molecule has 0 atom stereocenters. The van der Waals surface area contributed by atoms with Crippen molar-refractivity contribution >= 4 is 41.0 Å². The largest absolute Gasteiger partial charge is 0.461 e. The second-order valence-corrected chi connectivity index (χ2v) is 7.86. The Bertz CT molecular complexity index is 1090. The van der Waals surface area contributed by atoms with E-state index in [0.29, 0.717) is 37.7 Å². The summed E-state index contributed by atoms with van der Waals surface area (Å²) in [6.07, 6.45) is 1.55. The Morgan fingerprint density at radius 1 is 0.968 bits per heavy atom. The smallest absolute Gasteiger partial charge is 0.276 e. The number of piperazine rings is 1. The topological polar surface area (TPSA) is 87.4 Å². The number of aromatic nitrogens is 1. The van der Waals surface area contributed by atoms with Crippen LogP contribution in [0.5, 0.6) is 0 Å². The molecule has 1 aromatic carbocycles. The summed E-state index contributed by atoms with van der Waals surface area (Å²) in [4.78, 5) is 16.7. The van der Waals surface area contributed by atoms with Gasteiger partial charge in [0.2, 0.25) is 5.76 Å². The third kappa shape index (κ3) is 4.52. The van der Waals surface area contributed by atoms with Crippen LogP contribution >= 0.6 is 24.2 Å². The van der Waals surface area contributed by atoms with Crippen LogP contribution in [0.2, 0.25) is 0 Å². The predicted molar refractivity (Wildman–Crippen MR) is 122 cm³/mol. The van der Waals surface area contributed by atoms with Crippen LogP contribution in [0.3, 0.4) is 0 Å². The molecule has 4 heterocycles. The molecular formula is C21H20ClN5O3S. The number of furan rings is 1. The first-order valence-electron chi connectivity index (χ1n) is 9.65. The molecule has 160 valence electrons. The fraction of sp³-hybridized carbons (Fsp3) is 0.238. The van der Waals surface area contributed by atoms with Gasteiger partial charge >= 0.3 is 0 Å². The van der Waals surface area contributed by atoms with Gasteiger partial charge in [-0.05, 0) is 17.7 Å². The number of halogens is 1. The van der Waals surface area contributed by atoms with Gasteiger partial charge in [0.15, 0.2) is 16.6 Å². The van der Waals surface area contributed by atoms with E-state index in [0.717, 1.165) is 22.2 Å². The van der Waals surface area contributed by atoms with Gasteiger partial charge in [0.25, 0.3) is 5.91 Å². The van der Waals surface area contributed by atoms with Gasteiger partial charge in [0, 0.05) is 38.0 Å². The van der Waals surface area contributed by atoms with Crippen molar-refractivity contribution in [3.63, 3.8) is 0 Å². The van der Waals surface area contributed by atoms with Crippen LogP contribution in [0.1, 0.15) is 16.1 Å². The van der Waals surface area contributed by atoms with Gasteiger partial charge in [-0.2, -0.15) is 5.10 Å². The predicted octanol–water partition coefficient (Wildman–Crippen LogP) is 3.62. The normalized spacial score (nSPS) is 16.4. The maximum absolute atomic E-state index is 12.8. The third-order valence-corrected chi connectivity index (χ3v) is 6.05. The Hall–Kier alpha value is -3.04. The van der Waals surface area contributed by atoms with Crippen molar-refractivity contribution in [1.29, 1.82) is 0 Å². The first-order chi connectivity index (χ1) is 14.8. The molecule has 2 aromatic heterocycles. The molecular weight excluding hydrogens is 438 g/mol. The van der Waals surface area contributed by atoms with E-state index in [9.17, 15) is 4.79 Å². The van der Waals surface area contributed by atoms with Crippen LogP contribution in [-0.4, -0.2) is 63.7 Å². The lowest BCUT2D eigenvalue weighted by Crippen LogP contribution is -2.50. The highest BCUT2D eigenvalue weighted by molar-refractivity contribution is 8.14. The number of carbonyl (C=O) groups is 1. The summed E-state index contributed by atoms with van der Waals surface area (Å²) in [6, 6.07) is 15.2. The molecule has 0 unspecified atom stereocenters. The first kappa shape index (κ1) is 21.2. The quantitative estimate of drug-likeness (QED) is 0.597. The average molecular weight is 458 g/mol. The molecule has 0 bridgehead atoms. The van der Waals surface area contributed by atoms with Crippen LogP contribution in [0.25, 0.3) is 11.5 Å². The van der Waals surface area contributed by atoms with E-state index >= 15 is 0 Å². The van der Waals surface area contributed by atoms with E-state index in [4.69, 9.17) is 8.94 Å². The van der Waals surface area contributed by atoms with Crippen molar-refractivity contribution in [2.24, 2.45) is 10.2 Å². The number of carbonyl (C=O) groups excluding carboxylic acids is 1. The molecule has 2 aliphatic heterocycles. The zero-order chi connectivity index (χ0) is 20.3. The molecule has 0 saturated carbocycles. The monoisotopic (exact) mass is 457 g/mol. The highest BCUT2D eigenvalue weighted by Crippen LogP contribution is 2.23. The molecule has 2 aliphatic rings. The van der Waals surface area contributed by atoms with Crippen molar-refractivity contribution < 1.29 is 13.7 Å². The number of hydrogen-bond donors (Lipinski definition) is 0. The Morgan fingerprint density at radius 2 is 1.77 bits per heavy atom. The zero-order valence-corrected chi connectivity index (χ0v) is 18.1. The summed E-state index contributed by atoms with van der Waals surface area (Å²) in [5.74, 6) is 1.64. The molecule has 31 heavy (non-hydrogen) atoms. The second kappa shape index (κ2) is 9.40. The summed E-state index contributed by atoms with van der Waals surface area (Å²) in [5, 5.41) is 13.7. The number of amidine groups is 1. The van der Waals surface area contributed by atoms with Crippen molar-refractivity contribution in [1.82, 2.24) is 15.0 Å². The molecule has 1 saturated heterocycles. The molecule has 0 spiro atoms. The lowest BCUT2D eigenvalue weighted by Gasteiger charge is -2.36. The van der Waals surface area contributed by atoms with Crippen molar-refractivity contribution in [2.45, 2.75) is 0 Å². The van der Waals surface area contributed by atoms with Crippen LogP contribution in [-0.2, 0) is 0 Å². The van der Waals surface area contributed by atoms with Crippen LogP contribution < -0.4 is 0 Å². The van der Waals surface area contributed by atoms with E-state index in [2.05, 4.69) is 20.3 Å². The molecule has 5 rings (SSSR count). The number of amides is 1. The fourth-order valence-corrected chi connectivity index (χ4v) is 4.35. The van der Waals surface area contributed by atoms with Crippen molar-refractivity contribution in [3.8, 4) is 11.5 Å². The Balaban J connectivity index is 0.00000231. The minimum Gasteiger partial charge on any atom is -0.461 e. The fourth-order valence-electron chi connectivity index (χ4n) is 3.39. The van der Waals surface area contributed by atoms with Gasteiger partial charge in [-0.3, -0.25) is 4.79 Å². The highest BCUT2D eigenvalue weighted by Gasteiger charge is 2.27. The van der Waals surface area contributed by atoms with Crippen molar-refractivity contribution in [3.05, 3.63) is 66.1 Å². The van der Waals surface area contributed by atoms with E-state index in [1.807, 2.05) is 30.3 Å². The van der Waals surface area contributed by atoms with Gasteiger partial charge in [-0.15, -0.1) is 17.5 Å².